The SMILES string of the molecule is O=C(NN=Cc1c[nH]c2ccccc12)c1cc(-c2cccnc2)nc2ccccc12. The molecule has 6 nitrogen and oxygen atoms in total. The van der Waals surface area contributed by atoms with Crippen LogP contribution in [-0.2, 0) is 0 Å². The predicted molar refractivity (Wildman–Crippen MR) is 118 cm³/mol. The summed E-state index contributed by atoms with van der Waals surface area (Å²) in [6.45, 7) is 0. The number of carbonyl (C=O) groups is 1. The summed E-state index contributed by atoms with van der Waals surface area (Å²) in [5, 5.41) is 5.99. The molecule has 5 aromatic rings. The van der Waals surface area contributed by atoms with Gasteiger partial charge in [0.25, 0.3) is 5.91 Å². The van der Waals surface area contributed by atoms with Crippen LogP contribution in [0, 0.1) is 0 Å². The van der Waals surface area contributed by atoms with Crippen LogP contribution in [0.25, 0.3) is 33.1 Å². The van der Waals surface area contributed by atoms with Crippen molar-refractivity contribution in [3.63, 3.8) is 0 Å². The highest BCUT2D eigenvalue weighted by molar-refractivity contribution is 6.07. The first-order chi connectivity index (χ1) is 14.8. The molecular formula is C24H17N5O. The van der Waals surface area contributed by atoms with Crippen LogP contribution in [0.3, 0.4) is 0 Å². The number of pyridine rings is 2. The molecule has 2 aromatic carbocycles. The van der Waals surface area contributed by atoms with Crippen molar-refractivity contribution in [3.05, 3.63) is 96.4 Å². The first kappa shape index (κ1) is 17.8. The smallest absolute Gasteiger partial charge is 0.272 e. The average Bonchev–Trinajstić information content (AvgIpc) is 3.22. The molecule has 0 fully saturated rings. The maximum absolute atomic E-state index is 13.0. The van der Waals surface area contributed by atoms with E-state index in [0.29, 0.717) is 11.3 Å². The van der Waals surface area contributed by atoms with Gasteiger partial charge in [-0.2, -0.15) is 5.10 Å². The number of H-pyrrole nitrogens is 1. The van der Waals surface area contributed by atoms with Crippen LogP contribution in [-0.4, -0.2) is 27.1 Å². The highest BCUT2D eigenvalue weighted by atomic mass is 16.2. The molecule has 0 saturated heterocycles. The van der Waals surface area contributed by atoms with Crippen molar-refractivity contribution < 1.29 is 4.79 Å². The summed E-state index contributed by atoms with van der Waals surface area (Å²) < 4.78 is 0. The lowest BCUT2D eigenvalue weighted by atomic mass is 10.0. The van der Waals surface area contributed by atoms with Crippen LogP contribution in [0.5, 0.6) is 0 Å². The van der Waals surface area contributed by atoms with E-state index in [-0.39, 0.29) is 5.91 Å². The number of nitrogens with one attached hydrogen (secondary N) is 2. The van der Waals surface area contributed by atoms with Gasteiger partial charge in [-0.25, -0.2) is 10.4 Å². The van der Waals surface area contributed by atoms with Crippen LogP contribution in [0.1, 0.15) is 15.9 Å². The molecule has 0 radical (unpaired) electrons. The van der Waals surface area contributed by atoms with E-state index in [1.807, 2.05) is 66.9 Å². The Morgan fingerprint density at radius 3 is 2.70 bits per heavy atom. The number of carbonyl (C=O) groups excluding carboxylic acids is 1. The number of fused-ring (bicyclic) bond motifs is 2. The average molecular weight is 391 g/mol. The van der Waals surface area contributed by atoms with Gasteiger partial charge in [0, 0.05) is 46.0 Å². The van der Waals surface area contributed by atoms with Crippen LogP contribution < -0.4 is 5.43 Å². The monoisotopic (exact) mass is 391 g/mol. The van der Waals surface area contributed by atoms with Gasteiger partial charge in [0.15, 0.2) is 0 Å². The van der Waals surface area contributed by atoms with Gasteiger partial charge in [0.05, 0.1) is 23.0 Å². The number of aromatic nitrogens is 3. The second kappa shape index (κ2) is 7.60. The largest absolute Gasteiger partial charge is 0.361 e. The quantitative estimate of drug-likeness (QED) is 0.348. The molecule has 3 heterocycles. The summed E-state index contributed by atoms with van der Waals surface area (Å²) in [5.74, 6) is -0.296. The van der Waals surface area contributed by atoms with Crippen molar-refractivity contribution in [2.75, 3.05) is 0 Å². The summed E-state index contributed by atoms with van der Waals surface area (Å²) in [6, 6.07) is 21.0. The van der Waals surface area contributed by atoms with Gasteiger partial charge in [-0.3, -0.25) is 9.78 Å². The molecule has 0 aliphatic rings. The Labute approximate surface area is 172 Å². The van der Waals surface area contributed by atoms with Crippen molar-refractivity contribution in [2.45, 2.75) is 0 Å². The second-order valence-corrected chi connectivity index (χ2v) is 6.80. The maximum atomic E-state index is 13.0. The third-order valence-electron chi connectivity index (χ3n) is 4.91. The molecule has 2 N–H and O–H groups in total. The fourth-order valence-electron chi connectivity index (χ4n) is 3.45. The predicted octanol–water partition coefficient (Wildman–Crippen LogP) is 4.54. The second-order valence-electron chi connectivity index (χ2n) is 6.80. The minimum Gasteiger partial charge on any atom is -0.361 e. The summed E-state index contributed by atoms with van der Waals surface area (Å²) in [4.78, 5) is 25.0. The molecular weight excluding hydrogens is 374 g/mol. The Morgan fingerprint density at radius 1 is 1.00 bits per heavy atom. The van der Waals surface area contributed by atoms with Gasteiger partial charge < -0.3 is 4.98 Å². The third-order valence-corrected chi connectivity index (χ3v) is 4.91. The van der Waals surface area contributed by atoms with E-state index in [1.165, 1.54) is 0 Å². The molecule has 5 rings (SSSR count). The van der Waals surface area contributed by atoms with E-state index in [2.05, 4.69) is 25.5 Å². The number of benzene rings is 2. The first-order valence-electron chi connectivity index (χ1n) is 9.49. The molecule has 0 atom stereocenters. The summed E-state index contributed by atoms with van der Waals surface area (Å²) in [6.07, 6.45) is 6.94. The van der Waals surface area contributed by atoms with E-state index in [9.17, 15) is 4.79 Å². The molecule has 0 saturated carbocycles. The summed E-state index contributed by atoms with van der Waals surface area (Å²) >= 11 is 0. The van der Waals surface area contributed by atoms with Gasteiger partial charge in [0.2, 0.25) is 0 Å². The molecule has 1 amide bonds. The topological polar surface area (TPSA) is 83.0 Å². The highest BCUT2D eigenvalue weighted by Gasteiger charge is 2.13. The maximum Gasteiger partial charge on any atom is 0.272 e. The Bertz CT molecular complexity index is 1390. The van der Waals surface area contributed by atoms with Crippen LogP contribution in [0.4, 0.5) is 0 Å². The Balaban J connectivity index is 1.48. The molecule has 0 spiro atoms. The number of aromatic amines is 1. The molecule has 3 aromatic heterocycles. The van der Waals surface area contributed by atoms with Gasteiger partial charge in [-0.15, -0.1) is 0 Å². The van der Waals surface area contributed by atoms with Crippen molar-refractivity contribution >= 4 is 33.9 Å². The fraction of sp³-hybridized carbons (Fsp3) is 0. The molecule has 0 aliphatic carbocycles. The molecule has 6 heteroatoms. The Hall–Kier alpha value is -4.32. The van der Waals surface area contributed by atoms with Gasteiger partial charge >= 0.3 is 0 Å². The zero-order chi connectivity index (χ0) is 20.3. The molecule has 0 aliphatic heterocycles. The number of hydrogen-bond acceptors (Lipinski definition) is 4. The van der Waals surface area contributed by atoms with Crippen molar-refractivity contribution in [1.82, 2.24) is 20.4 Å². The first-order valence-corrected chi connectivity index (χ1v) is 9.49. The van der Waals surface area contributed by atoms with Gasteiger partial charge in [-0.05, 0) is 30.3 Å². The summed E-state index contributed by atoms with van der Waals surface area (Å²) in [5.41, 5.74) is 7.35. The molecule has 0 bridgehead atoms. The standard InChI is InChI=1S/C24H17N5O/c30-24(29-27-15-17-14-26-21-9-3-1-7-18(17)21)20-12-23(16-6-5-11-25-13-16)28-22-10-4-2-8-19(20)22/h1-15,26H,(H,29,30). The number of rotatable bonds is 4. The van der Waals surface area contributed by atoms with E-state index in [4.69, 9.17) is 0 Å². The zero-order valence-electron chi connectivity index (χ0n) is 15.9. The number of hydrogen-bond donors (Lipinski definition) is 2. The number of para-hydroxylation sites is 2. The molecule has 144 valence electrons. The lowest BCUT2D eigenvalue weighted by Gasteiger charge is -2.08. The lowest BCUT2D eigenvalue weighted by molar-refractivity contribution is 0.0956. The van der Waals surface area contributed by atoms with E-state index in [0.717, 1.165) is 32.9 Å². The van der Waals surface area contributed by atoms with Crippen molar-refractivity contribution in [1.29, 1.82) is 0 Å². The van der Waals surface area contributed by atoms with Crippen molar-refractivity contribution in [3.8, 4) is 11.3 Å². The third kappa shape index (κ3) is 3.31. The Kier molecular flexibility index (Phi) is 4.50. The van der Waals surface area contributed by atoms with E-state index >= 15 is 0 Å². The molecule has 30 heavy (non-hydrogen) atoms. The Morgan fingerprint density at radius 2 is 1.83 bits per heavy atom. The normalized spacial score (nSPS) is 11.3. The summed E-state index contributed by atoms with van der Waals surface area (Å²) in [7, 11) is 0. The zero-order valence-corrected chi connectivity index (χ0v) is 15.9. The molecule has 0 unspecified atom stereocenters. The fourth-order valence-corrected chi connectivity index (χ4v) is 3.45. The van der Waals surface area contributed by atoms with E-state index < -0.39 is 0 Å². The van der Waals surface area contributed by atoms with Crippen molar-refractivity contribution in [2.24, 2.45) is 5.10 Å². The highest BCUT2D eigenvalue weighted by Crippen LogP contribution is 2.24. The van der Waals surface area contributed by atoms with Crippen LogP contribution in [0.2, 0.25) is 0 Å². The minimum absolute atomic E-state index is 0.296. The lowest BCUT2D eigenvalue weighted by Crippen LogP contribution is -2.18. The minimum atomic E-state index is -0.296. The van der Waals surface area contributed by atoms with E-state index in [1.54, 1.807) is 24.7 Å². The van der Waals surface area contributed by atoms with Gasteiger partial charge in [0.1, 0.15) is 0 Å². The number of hydrazone groups is 1. The van der Waals surface area contributed by atoms with Gasteiger partial charge in [-0.1, -0.05) is 36.4 Å². The number of nitrogens with zero attached hydrogens (tertiary/aromatic N) is 3. The number of amides is 1. The van der Waals surface area contributed by atoms with Crippen LogP contribution >= 0.6 is 0 Å². The van der Waals surface area contributed by atoms with Crippen LogP contribution in [0.15, 0.2) is 90.4 Å².